The number of hydrogen-bond acceptors (Lipinski definition) is 4. The monoisotopic (exact) mass is 330 g/mol. The molecular formula is C18H26N4O2. The quantitative estimate of drug-likeness (QED) is 0.841. The first-order valence-electron chi connectivity index (χ1n) is 8.36. The van der Waals surface area contributed by atoms with Crippen molar-refractivity contribution in [2.45, 2.75) is 19.0 Å². The Labute approximate surface area is 142 Å². The highest BCUT2D eigenvalue weighted by Crippen LogP contribution is 2.21. The molecule has 0 saturated carbocycles. The fourth-order valence-electron chi connectivity index (χ4n) is 3.22. The Morgan fingerprint density at radius 1 is 1.42 bits per heavy atom. The number of ether oxygens (including phenoxy) is 1. The summed E-state index contributed by atoms with van der Waals surface area (Å²) in [6.07, 6.45) is 1.13. The Hall–Kier alpha value is -2.05. The van der Waals surface area contributed by atoms with Crippen molar-refractivity contribution in [2.24, 2.45) is 0 Å². The molecule has 0 radical (unpaired) electrons. The second-order valence-electron chi connectivity index (χ2n) is 6.67. The summed E-state index contributed by atoms with van der Waals surface area (Å²) in [4.78, 5) is 19.9. The molecule has 2 heterocycles. The second kappa shape index (κ2) is 7.23. The van der Waals surface area contributed by atoms with Crippen LogP contribution in [0.5, 0.6) is 5.75 Å². The van der Waals surface area contributed by atoms with Gasteiger partial charge >= 0.3 is 0 Å². The van der Waals surface area contributed by atoms with Crippen LogP contribution < -0.4 is 10.1 Å². The van der Waals surface area contributed by atoms with Crippen molar-refractivity contribution in [1.82, 2.24) is 20.1 Å². The van der Waals surface area contributed by atoms with Crippen molar-refractivity contribution in [1.29, 1.82) is 0 Å². The number of likely N-dealkylation sites (N-methyl/N-ethyl adjacent to an activating group) is 1. The van der Waals surface area contributed by atoms with Gasteiger partial charge in [-0.05, 0) is 44.8 Å². The molecule has 1 fully saturated rings. The van der Waals surface area contributed by atoms with Crippen LogP contribution in [0.15, 0.2) is 24.3 Å². The van der Waals surface area contributed by atoms with Crippen LogP contribution in [-0.4, -0.2) is 67.6 Å². The van der Waals surface area contributed by atoms with E-state index < -0.39 is 0 Å². The van der Waals surface area contributed by atoms with Gasteiger partial charge in [0.1, 0.15) is 5.75 Å². The minimum absolute atomic E-state index is 0.0747. The van der Waals surface area contributed by atoms with E-state index in [-0.39, 0.29) is 5.91 Å². The van der Waals surface area contributed by atoms with Crippen molar-refractivity contribution in [3.05, 3.63) is 30.0 Å². The van der Waals surface area contributed by atoms with E-state index in [4.69, 9.17) is 4.74 Å². The number of aromatic amines is 1. The fourth-order valence-corrected chi connectivity index (χ4v) is 3.22. The number of methoxy groups -OCH3 is 1. The summed E-state index contributed by atoms with van der Waals surface area (Å²) in [7, 11) is 5.85. The van der Waals surface area contributed by atoms with Crippen molar-refractivity contribution >= 4 is 16.8 Å². The van der Waals surface area contributed by atoms with Gasteiger partial charge < -0.3 is 19.9 Å². The number of fused-ring (bicyclic) bond motifs is 1. The third kappa shape index (κ3) is 3.88. The zero-order valence-corrected chi connectivity index (χ0v) is 14.6. The van der Waals surface area contributed by atoms with Gasteiger partial charge in [-0.1, -0.05) is 0 Å². The van der Waals surface area contributed by atoms with E-state index in [9.17, 15) is 4.79 Å². The molecule has 6 heteroatoms. The number of amides is 1. The van der Waals surface area contributed by atoms with Gasteiger partial charge in [0.15, 0.2) is 0 Å². The molecule has 3 rings (SSSR count). The highest BCUT2D eigenvalue weighted by molar-refractivity contribution is 5.82. The van der Waals surface area contributed by atoms with Gasteiger partial charge in [0.05, 0.1) is 20.2 Å². The number of likely N-dealkylation sites (tertiary alicyclic amines) is 1. The van der Waals surface area contributed by atoms with Gasteiger partial charge in [-0.3, -0.25) is 9.69 Å². The standard InChI is InChI=1S/C18H26N4O2/c1-21(2)15-6-7-22(11-15)12-18(23)19-10-14-8-13-9-16(24-3)4-5-17(13)20-14/h4-5,8-9,15,20H,6-7,10-12H2,1-3H3,(H,19,23)/t15-/m0/s1. The molecule has 0 spiro atoms. The van der Waals surface area contributed by atoms with E-state index in [2.05, 4.69) is 40.3 Å². The third-order valence-corrected chi connectivity index (χ3v) is 4.70. The van der Waals surface area contributed by atoms with Crippen molar-refractivity contribution < 1.29 is 9.53 Å². The van der Waals surface area contributed by atoms with Crippen molar-refractivity contribution in [2.75, 3.05) is 40.8 Å². The average molecular weight is 330 g/mol. The number of nitrogens with zero attached hydrogens (tertiary/aromatic N) is 2. The number of rotatable bonds is 6. The van der Waals surface area contributed by atoms with Gasteiger partial charge in [0.2, 0.25) is 5.91 Å². The molecule has 1 aromatic heterocycles. The van der Waals surface area contributed by atoms with Crippen molar-refractivity contribution in [3.63, 3.8) is 0 Å². The summed E-state index contributed by atoms with van der Waals surface area (Å²) in [6, 6.07) is 8.51. The summed E-state index contributed by atoms with van der Waals surface area (Å²) >= 11 is 0. The van der Waals surface area contributed by atoms with Crippen LogP contribution >= 0.6 is 0 Å². The molecule has 1 aromatic carbocycles. The normalized spacial score (nSPS) is 18.4. The van der Waals surface area contributed by atoms with Gasteiger partial charge in [0, 0.05) is 35.7 Å². The molecule has 1 aliphatic rings. The number of benzene rings is 1. The van der Waals surface area contributed by atoms with Crippen LogP contribution in [0.1, 0.15) is 12.1 Å². The largest absolute Gasteiger partial charge is 0.497 e. The Balaban J connectivity index is 1.51. The van der Waals surface area contributed by atoms with Gasteiger partial charge in [-0.2, -0.15) is 0 Å². The first-order valence-corrected chi connectivity index (χ1v) is 8.36. The molecule has 130 valence electrons. The topological polar surface area (TPSA) is 60.6 Å². The molecule has 2 aromatic rings. The lowest BCUT2D eigenvalue weighted by molar-refractivity contribution is -0.122. The maximum atomic E-state index is 12.2. The van der Waals surface area contributed by atoms with E-state index in [0.29, 0.717) is 19.1 Å². The van der Waals surface area contributed by atoms with Crippen LogP contribution in [0.25, 0.3) is 10.9 Å². The molecule has 0 aliphatic carbocycles. The first kappa shape index (κ1) is 16.8. The SMILES string of the molecule is COc1ccc2[nH]c(CNC(=O)CN3CC[C@H](N(C)C)C3)cc2c1. The fraction of sp³-hybridized carbons (Fsp3) is 0.500. The highest BCUT2D eigenvalue weighted by atomic mass is 16.5. The Morgan fingerprint density at radius 2 is 2.25 bits per heavy atom. The smallest absolute Gasteiger partial charge is 0.234 e. The predicted molar refractivity (Wildman–Crippen MR) is 95.2 cm³/mol. The molecule has 24 heavy (non-hydrogen) atoms. The molecule has 1 aliphatic heterocycles. The minimum Gasteiger partial charge on any atom is -0.497 e. The maximum absolute atomic E-state index is 12.2. The lowest BCUT2D eigenvalue weighted by atomic mass is 10.2. The van der Waals surface area contributed by atoms with Crippen LogP contribution in [0.2, 0.25) is 0 Å². The van der Waals surface area contributed by atoms with Crippen LogP contribution in [-0.2, 0) is 11.3 Å². The number of aromatic nitrogens is 1. The van der Waals surface area contributed by atoms with Crippen molar-refractivity contribution in [3.8, 4) is 5.75 Å². The zero-order chi connectivity index (χ0) is 17.1. The summed E-state index contributed by atoms with van der Waals surface area (Å²) in [5.41, 5.74) is 2.05. The number of hydrogen-bond donors (Lipinski definition) is 2. The van der Waals surface area contributed by atoms with Crippen LogP contribution in [0.4, 0.5) is 0 Å². The molecule has 1 atom stereocenters. The average Bonchev–Trinajstić information content (AvgIpc) is 3.18. The minimum atomic E-state index is 0.0747. The van der Waals surface area contributed by atoms with Gasteiger partial charge in [-0.25, -0.2) is 0 Å². The predicted octanol–water partition coefficient (Wildman–Crippen LogP) is 1.43. The Kier molecular flexibility index (Phi) is 5.06. The van der Waals surface area contributed by atoms with E-state index in [1.54, 1.807) is 7.11 Å². The Bertz CT molecular complexity index is 710. The molecule has 6 nitrogen and oxygen atoms in total. The summed E-state index contributed by atoms with van der Waals surface area (Å²) in [5, 5.41) is 4.09. The van der Waals surface area contributed by atoms with E-state index in [1.807, 2.05) is 18.2 Å². The van der Waals surface area contributed by atoms with E-state index in [1.165, 1.54) is 0 Å². The number of nitrogens with one attached hydrogen (secondary N) is 2. The summed E-state index contributed by atoms with van der Waals surface area (Å²) < 4.78 is 5.24. The first-order chi connectivity index (χ1) is 11.5. The summed E-state index contributed by atoms with van der Waals surface area (Å²) in [5.74, 6) is 0.909. The molecule has 2 N–H and O–H groups in total. The molecule has 1 saturated heterocycles. The molecule has 1 amide bonds. The van der Waals surface area contributed by atoms with Crippen LogP contribution in [0.3, 0.4) is 0 Å². The zero-order valence-electron chi connectivity index (χ0n) is 14.6. The molecule has 0 unspecified atom stereocenters. The summed E-state index contributed by atoms with van der Waals surface area (Å²) in [6.45, 7) is 2.94. The lowest BCUT2D eigenvalue weighted by Gasteiger charge is -2.20. The second-order valence-corrected chi connectivity index (χ2v) is 6.67. The molecular weight excluding hydrogens is 304 g/mol. The third-order valence-electron chi connectivity index (χ3n) is 4.70. The maximum Gasteiger partial charge on any atom is 0.234 e. The van der Waals surface area contributed by atoms with Gasteiger partial charge in [-0.15, -0.1) is 0 Å². The Morgan fingerprint density at radius 3 is 2.96 bits per heavy atom. The van der Waals surface area contributed by atoms with E-state index >= 15 is 0 Å². The molecule has 0 bridgehead atoms. The highest BCUT2D eigenvalue weighted by Gasteiger charge is 2.25. The lowest BCUT2D eigenvalue weighted by Crippen LogP contribution is -2.38. The van der Waals surface area contributed by atoms with Crippen LogP contribution in [0, 0.1) is 0 Å². The number of carbonyl (C=O) groups excluding carboxylic acids is 1. The number of carbonyl (C=O) groups is 1. The van der Waals surface area contributed by atoms with Gasteiger partial charge in [0.25, 0.3) is 0 Å². The van der Waals surface area contributed by atoms with E-state index in [0.717, 1.165) is 41.9 Å². The number of H-pyrrole nitrogens is 1.